The van der Waals surface area contributed by atoms with Crippen LogP contribution in [0.1, 0.15) is 6.42 Å². The molecule has 0 radical (unpaired) electrons. The van der Waals surface area contributed by atoms with E-state index in [1.807, 2.05) is 42.3 Å². The largest absolute Gasteiger partial charge is 0.352 e. The van der Waals surface area contributed by atoms with E-state index < -0.39 is 6.17 Å². The summed E-state index contributed by atoms with van der Waals surface area (Å²) < 4.78 is 15.5. The number of fused-ring (bicyclic) bond motifs is 1. The topological polar surface area (TPSA) is 65.9 Å². The number of aromatic amines is 1. The Morgan fingerprint density at radius 2 is 2.20 bits per heavy atom. The highest BCUT2D eigenvalue weighted by molar-refractivity contribution is 5.90. The molecule has 7 nitrogen and oxygen atoms in total. The van der Waals surface area contributed by atoms with Gasteiger partial charge in [0.25, 0.3) is 0 Å². The third-order valence-corrected chi connectivity index (χ3v) is 4.57. The predicted octanol–water partition coefficient (Wildman–Crippen LogP) is 1.93. The molecule has 4 heterocycles. The molecule has 8 heteroatoms. The molecule has 0 aromatic carbocycles. The van der Waals surface area contributed by atoms with E-state index in [4.69, 9.17) is 0 Å². The molecule has 1 fully saturated rings. The van der Waals surface area contributed by atoms with E-state index >= 15 is 0 Å². The normalized spacial score (nSPS) is 17.9. The van der Waals surface area contributed by atoms with Crippen LogP contribution in [0.15, 0.2) is 24.7 Å². The van der Waals surface area contributed by atoms with Crippen LogP contribution < -0.4 is 4.90 Å². The first-order valence-electron chi connectivity index (χ1n) is 8.51. The number of nitrogens with one attached hydrogen (secondary N) is 1. The number of halogens is 1. The van der Waals surface area contributed by atoms with Crippen molar-refractivity contribution < 1.29 is 4.39 Å². The summed E-state index contributed by atoms with van der Waals surface area (Å²) in [5.41, 5.74) is 2.73. The van der Waals surface area contributed by atoms with Gasteiger partial charge in [0.15, 0.2) is 11.5 Å². The van der Waals surface area contributed by atoms with Gasteiger partial charge in [-0.3, -0.25) is 9.78 Å². The molecule has 1 N–H and O–H groups in total. The Hall–Kier alpha value is -2.48. The number of H-pyrrole nitrogens is 1. The van der Waals surface area contributed by atoms with Crippen LogP contribution in [0.4, 0.5) is 10.2 Å². The zero-order valence-electron chi connectivity index (χ0n) is 14.5. The van der Waals surface area contributed by atoms with Crippen molar-refractivity contribution in [2.45, 2.75) is 19.1 Å². The van der Waals surface area contributed by atoms with Crippen LogP contribution in [0.5, 0.6) is 0 Å². The zero-order valence-corrected chi connectivity index (χ0v) is 14.5. The minimum Gasteiger partial charge on any atom is -0.352 e. The van der Waals surface area contributed by atoms with Crippen LogP contribution in [0, 0.1) is 0 Å². The minimum absolute atomic E-state index is 0.395. The standard InChI is InChI=1S/C17H22FN7/c1-23(2)5-6-25-10-13(9-20-25)12-7-15-16(19-8-12)21-22-17(15)24-4-3-14(18)11-24/h7-10,14H,3-6,11H2,1-2H3,(H,19,21,22). The summed E-state index contributed by atoms with van der Waals surface area (Å²) in [5.74, 6) is 0.782. The molecule has 3 aromatic heterocycles. The number of hydrogen-bond donors (Lipinski definition) is 1. The maximum Gasteiger partial charge on any atom is 0.160 e. The predicted molar refractivity (Wildman–Crippen MR) is 95.4 cm³/mol. The van der Waals surface area contributed by atoms with Crippen molar-refractivity contribution in [1.29, 1.82) is 0 Å². The van der Waals surface area contributed by atoms with Crippen molar-refractivity contribution in [2.24, 2.45) is 0 Å². The van der Waals surface area contributed by atoms with Gasteiger partial charge in [0.2, 0.25) is 0 Å². The third kappa shape index (κ3) is 3.21. The molecular weight excluding hydrogens is 321 g/mol. The number of alkyl halides is 1. The van der Waals surface area contributed by atoms with Gasteiger partial charge in [-0.15, -0.1) is 0 Å². The molecule has 0 bridgehead atoms. The number of anilines is 1. The monoisotopic (exact) mass is 343 g/mol. The van der Waals surface area contributed by atoms with Crippen molar-refractivity contribution in [2.75, 3.05) is 38.6 Å². The Labute approximate surface area is 145 Å². The average molecular weight is 343 g/mol. The Morgan fingerprint density at radius 1 is 1.32 bits per heavy atom. The molecule has 3 aromatic rings. The smallest absolute Gasteiger partial charge is 0.160 e. The van der Waals surface area contributed by atoms with E-state index in [-0.39, 0.29) is 0 Å². The number of rotatable bonds is 5. The average Bonchev–Trinajstić information content (AvgIpc) is 3.31. The Kier molecular flexibility index (Phi) is 4.12. The number of nitrogens with zero attached hydrogens (tertiary/aromatic N) is 6. The first kappa shape index (κ1) is 16.0. The van der Waals surface area contributed by atoms with Crippen LogP contribution in [0.25, 0.3) is 22.2 Å². The Balaban J connectivity index is 1.62. The van der Waals surface area contributed by atoms with Gasteiger partial charge in [0, 0.05) is 36.6 Å². The Bertz CT molecular complexity index is 869. The molecule has 25 heavy (non-hydrogen) atoms. The van der Waals surface area contributed by atoms with Gasteiger partial charge >= 0.3 is 0 Å². The van der Waals surface area contributed by atoms with Crippen LogP contribution in [-0.4, -0.2) is 69.8 Å². The third-order valence-electron chi connectivity index (χ3n) is 4.57. The molecule has 1 unspecified atom stereocenters. The van der Waals surface area contributed by atoms with Crippen LogP contribution >= 0.6 is 0 Å². The van der Waals surface area contributed by atoms with E-state index in [1.165, 1.54) is 0 Å². The summed E-state index contributed by atoms with van der Waals surface area (Å²) >= 11 is 0. The summed E-state index contributed by atoms with van der Waals surface area (Å²) in [4.78, 5) is 8.58. The molecule has 1 aliphatic heterocycles. The van der Waals surface area contributed by atoms with E-state index in [0.717, 1.165) is 41.1 Å². The molecule has 1 atom stereocenters. The van der Waals surface area contributed by atoms with E-state index in [9.17, 15) is 4.39 Å². The minimum atomic E-state index is -0.780. The van der Waals surface area contributed by atoms with E-state index in [2.05, 4.69) is 31.2 Å². The molecule has 0 aliphatic carbocycles. The van der Waals surface area contributed by atoms with Gasteiger partial charge in [-0.1, -0.05) is 0 Å². The second-order valence-electron chi connectivity index (χ2n) is 6.79. The molecule has 0 spiro atoms. The van der Waals surface area contributed by atoms with Crippen LogP contribution in [0.3, 0.4) is 0 Å². The summed E-state index contributed by atoms with van der Waals surface area (Å²) in [6.45, 7) is 2.86. The molecule has 4 rings (SSSR count). The molecular formula is C17H22FN7. The van der Waals surface area contributed by atoms with Gasteiger partial charge < -0.3 is 9.80 Å². The quantitative estimate of drug-likeness (QED) is 0.767. The summed E-state index contributed by atoms with van der Waals surface area (Å²) in [7, 11) is 4.09. The van der Waals surface area contributed by atoms with Gasteiger partial charge in [-0.25, -0.2) is 9.37 Å². The fourth-order valence-corrected chi connectivity index (χ4v) is 3.14. The number of likely N-dealkylation sites (N-methyl/N-ethyl adjacent to an activating group) is 1. The van der Waals surface area contributed by atoms with Crippen molar-refractivity contribution >= 4 is 16.9 Å². The van der Waals surface area contributed by atoms with E-state index in [1.54, 1.807) is 0 Å². The van der Waals surface area contributed by atoms with Crippen molar-refractivity contribution in [3.05, 3.63) is 24.7 Å². The van der Waals surface area contributed by atoms with Crippen molar-refractivity contribution in [1.82, 2.24) is 29.9 Å². The first-order chi connectivity index (χ1) is 12.1. The van der Waals surface area contributed by atoms with Crippen molar-refractivity contribution in [3.63, 3.8) is 0 Å². The lowest BCUT2D eigenvalue weighted by atomic mass is 10.1. The molecule has 132 valence electrons. The SMILES string of the molecule is CN(C)CCn1cc(-c2cnc3[nH]nc(N4CCC(F)C4)c3c2)cn1. The molecule has 1 aliphatic rings. The van der Waals surface area contributed by atoms with Gasteiger partial charge in [-0.05, 0) is 26.6 Å². The van der Waals surface area contributed by atoms with Crippen molar-refractivity contribution in [3.8, 4) is 11.1 Å². The maximum atomic E-state index is 13.5. The van der Waals surface area contributed by atoms with Crippen LogP contribution in [0.2, 0.25) is 0 Å². The first-order valence-corrected chi connectivity index (χ1v) is 8.51. The second kappa shape index (κ2) is 6.44. The van der Waals surface area contributed by atoms with Gasteiger partial charge in [0.1, 0.15) is 6.17 Å². The summed E-state index contributed by atoms with van der Waals surface area (Å²) in [6.07, 6.45) is 5.48. The fourth-order valence-electron chi connectivity index (χ4n) is 3.14. The molecule has 0 saturated carbocycles. The summed E-state index contributed by atoms with van der Waals surface area (Å²) in [5, 5.41) is 12.6. The lowest BCUT2D eigenvalue weighted by Crippen LogP contribution is -2.20. The second-order valence-corrected chi connectivity index (χ2v) is 6.79. The number of hydrogen-bond acceptors (Lipinski definition) is 5. The van der Waals surface area contributed by atoms with Crippen LogP contribution in [-0.2, 0) is 6.54 Å². The Morgan fingerprint density at radius 3 is 2.96 bits per heavy atom. The maximum absolute atomic E-state index is 13.5. The zero-order chi connectivity index (χ0) is 17.4. The molecule has 1 saturated heterocycles. The lowest BCUT2D eigenvalue weighted by molar-refractivity contribution is 0.364. The number of pyridine rings is 1. The fraction of sp³-hybridized carbons (Fsp3) is 0.471. The van der Waals surface area contributed by atoms with Gasteiger partial charge in [-0.2, -0.15) is 10.2 Å². The summed E-state index contributed by atoms with van der Waals surface area (Å²) in [6, 6.07) is 2.06. The lowest BCUT2D eigenvalue weighted by Gasteiger charge is -2.14. The molecule has 0 amide bonds. The highest BCUT2D eigenvalue weighted by atomic mass is 19.1. The van der Waals surface area contributed by atoms with Gasteiger partial charge in [0.05, 0.1) is 24.7 Å². The highest BCUT2D eigenvalue weighted by Gasteiger charge is 2.25. The highest BCUT2D eigenvalue weighted by Crippen LogP contribution is 2.30. The van der Waals surface area contributed by atoms with E-state index in [0.29, 0.717) is 19.5 Å². The number of aromatic nitrogens is 5.